The van der Waals surface area contributed by atoms with Crippen LogP contribution in [0.4, 0.5) is 8.63 Å². The zero-order valence-corrected chi connectivity index (χ0v) is 18.3. The zero-order chi connectivity index (χ0) is 23.0. The summed E-state index contributed by atoms with van der Waals surface area (Å²) < 4.78 is 38.5. The van der Waals surface area contributed by atoms with E-state index in [-0.39, 0.29) is 19.1 Å². The predicted molar refractivity (Wildman–Crippen MR) is 127 cm³/mol. The Morgan fingerprint density at radius 1 is 1.21 bits per heavy atom. The van der Waals surface area contributed by atoms with E-state index in [0.717, 1.165) is 9.36 Å². The first-order valence-corrected chi connectivity index (χ1v) is 11.3. The number of carbonyl (C=O) groups is 1. The van der Waals surface area contributed by atoms with Crippen LogP contribution in [0, 0.1) is 12.3 Å². The first-order chi connectivity index (χ1) is 16.0. The van der Waals surface area contributed by atoms with Crippen LogP contribution in [0.15, 0.2) is 71.8 Å². The number of terminal acetylenes is 1. The molecule has 0 saturated carbocycles. The number of ether oxygens (including phenoxy) is 1. The van der Waals surface area contributed by atoms with E-state index in [1.54, 1.807) is 54.6 Å². The van der Waals surface area contributed by atoms with Crippen LogP contribution in [0.25, 0.3) is 16.6 Å². The lowest BCUT2D eigenvalue weighted by Gasteiger charge is -2.47. The monoisotopic (exact) mass is 462 g/mol. The number of nitrogens with one attached hydrogen (secondary N) is 1. The molecule has 0 saturated heterocycles. The average molecular weight is 462 g/mol. The van der Waals surface area contributed by atoms with Gasteiger partial charge >= 0.3 is 6.97 Å². The summed E-state index contributed by atoms with van der Waals surface area (Å²) in [6.07, 6.45) is 10.4. The lowest BCUT2D eigenvalue weighted by atomic mass is 9.86. The standard InChI is InChI=1S/C24H19BF2N3O2S/c1-2-13-28-24(31)16-32-20-9-5-17(6-10-20)21-11-7-18-15-19-8-12-22(23-4-3-14-33-23)30(19)25(26,27)29(18)21/h1,3-12,14-15,21H,13,16H2,(H,28,31)/q-1. The molecule has 4 heterocycles. The van der Waals surface area contributed by atoms with Crippen molar-refractivity contribution in [3.05, 3.63) is 83.0 Å². The van der Waals surface area contributed by atoms with Crippen LogP contribution < -0.4 is 10.1 Å². The Morgan fingerprint density at radius 3 is 2.76 bits per heavy atom. The van der Waals surface area contributed by atoms with Crippen LogP contribution in [0.5, 0.6) is 5.75 Å². The first-order valence-electron chi connectivity index (χ1n) is 10.4. The molecule has 0 spiro atoms. The molecule has 33 heavy (non-hydrogen) atoms. The van der Waals surface area contributed by atoms with Gasteiger partial charge in [-0.1, -0.05) is 30.2 Å². The summed E-state index contributed by atoms with van der Waals surface area (Å²) >= 11 is 1.44. The van der Waals surface area contributed by atoms with Crippen LogP contribution in [0.3, 0.4) is 0 Å². The topological polar surface area (TPSA) is 46.5 Å². The van der Waals surface area contributed by atoms with Crippen molar-refractivity contribution >= 4 is 30.3 Å². The summed E-state index contributed by atoms with van der Waals surface area (Å²) in [7, 11) is 0. The highest BCUT2D eigenvalue weighted by Gasteiger charge is 2.45. The average Bonchev–Trinajstić information content (AvgIpc) is 3.56. The summed E-state index contributed by atoms with van der Waals surface area (Å²) in [5, 5.41) is 4.40. The molecule has 2 aliphatic rings. The third-order valence-corrected chi connectivity index (χ3v) is 6.58. The molecule has 0 radical (unpaired) electrons. The molecule has 2 aromatic heterocycles. The van der Waals surface area contributed by atoms with E-state index in [1.165, 1.54) is 16.1 Å². The number of halogens is 2. The fourth-order valence-electron chi connectivity index (χ4n) is 4.24. The molecular formula is C24H19BF2N3O2S-. The number of hydrogen-bond acceptors (Lipinski definition) is 4. The number of thiophene rings is 1. The summed E-state index contributed by atoms with van der Waals surface area (Å²) in [5.41, 5.74) is 2.19. The number of fused-ring (bicyclic) bond motifs is 2. The van der Waals surface area contributed by atoms with Crippen molar-refractivity contribution in [2.45, 2.75) is 6.04 Å². The maximum Gasteiger partial charge on any atom is 0.530 e. The minimum atomic E-state index is -4.07. The van der Waals surface area contributed by atoms with Gasteiger partial charge in [-0.15, -0.1) is 17.8 Å². The van der Waals surface area contributed by atoms with Crippen molar-refractivity contribution in [3.8, 4) is 28.7 Å². The fraction of sp³-hybridized carbons (Fsp3) is 0.125. The highest BCUT2D eigenvalue weighted by Crippen LogP contribution is 2.45. The van der Waals surface area contributed by atoms with Crippen LogP contribution in [-0.4, -0.2) is 35.3 Å². The van der Waals surface area contributed by atoms with Crippen LogP contribution >= 0.6 is 11.3 Å². The van der Waals surface area contributed by atoms with Gasteiger partial charge in [-0.3, -0.25) is 4.79 Å². The first kappa shape index (κ1) is 21.1. The van der Waals surface area contributed by atoms with Gasteiger partial charge in [-0.25, -0.2) is 0 Å². The summed E-state index contributed by atoms with van der Waals surface area (Å²) in [6, 6.07) is 13.4. The number of benzene rings is 1. The van der Waals surface area contributed by atoms with Gasteiger partial charge in [0.25, 0.3) is 5.91 Å². The zero-order valence-electron chi connectivity index (χ0n) is 17.4. The molecule has 0 bridgehead atoms. The van der Waals surface area contributed by atoms with Gasteiger partial charge in [-0.2, -0.15) is 0 Å². The van der Waals surface area contributed by atoms with Crippen LogP contribution in [0.1, 0.15) is 17.3 Å². The minimum Gasteiger partial charge on any atom is -0.484 e. The van der Waals surface area contributed by atoms with Gasteiger partial charge in [0.1, 0.15) is 5.75 Å². The molecule has 0 aliphatic carbocycles. The molecule has 3 aromatic rings. The number of carbonyl (C=O) groups excluding carboxylic acids is 1. The van der Waals surface area contributed by atoms with E-state index < -0.39 is 13.0 Å². The number of amides is 1. The van der Waals surface area contributed by atoms with Gasteiger partial charge in [0.05, 0.1) is 6.54 Å². The smallest absolute Gasteiger partial charge is 0.484 e. The summed E-state index contributed by atoms with van der Waals surface area (Å²) in [5.74, 6) is 2.46. The van der Waals surface area contributed by atoms with Crippen molar-refractivity contribution in [2.24, 2.45) is 0 Å². The SMILES string of the molecule is C#CCNC(=O)COc1ccc(C2C=CC3=Cc4ccc(-c5cccs5)n4[B-](F)(F)N32)cc1. The van der Waals surface area contributed by atoms with Crippen LogP contribution in [0.2, 0.25) is 0 Å². The molecule has 1 atom stereocenters. The van der Waals surface area contributed by atoms with E-state index in [0.29, 0.717) is 28.4 Å². The molecular weight excluding hydrogens is 443 g/mol. The van der Waals surface area contributed by atoms with E-state index in [9.17, 15) is 4.79 Å². The van der Waals surface area contributed by atoms with Crippen molar-refractivity contribution < 1.29 is 18.2 Å². The molecule has 166 valence electrons. The normalized spacial score (nSPS) is 17.7. The van der Waals surface area contributed by atoms with E-state index >= 15 is 8.63 Å². The fourth-order valence-corrected chi connectivity index (χ4v) is 4.98. The third kappa shape index (κ3) is 3.72. The number of hydrogen-bond donors (Lipinski definition) is 1. The van der Waals surface area contributed by atoms with Gasteiger partial charge in [0, 0.05) is 28.0 Å². The molecule has 5 nitrogen and oxygen atoms in total. The minimum absolute atomic E-state index is 0.133. The van der Waals surface area contributed by atoms with Gasteiger partial charge in [0.2, 0.25) is 0 Å². The quantitative estimate of drug-likeness (QED) is 0.433. The lowest BCUT2D eigenvalue weighted by molar-refractivity contribution is -0.122. The highest BCUT2D eigenvalue weighted by atomic mass is 32.1. The second-order valence-corrected chi connectivity index (χ2v) is 8.65. The second kappa shape index (κ2) is 8.30. The van der Waals surface area contributed by atoms with E-state index in [4.69, 9.17) is 11.2 Å². The lowest BCUT2D eigenvalue weighted by Crippen LogP contribution is -2.54. The van der Waals surface area contributed by atoms with Gasteiger partial charge in [0.15, 0.2) is 6.61 Å². The Bertz CT molecular complexity index is 1290. The Kier molecular flexibility index (Phi) is 5.31. The van der Waals surface area contributed by atoms with Crippen molar-refractivity contribution in [1.29, 1.82) is 0 Å². The molecule has 0 fully saturated rings. The van der Waals surface area contributed by atoms with Crippen molar-refractivity contribution in [1.82, 2.24) is 14.6 Å². The van der Waals surface area contributed by atoms with E-state index in [1.807, 2.05) is 17.5 Å². The molecule has 1 unspecified atom stereocenters. The summed E-state index contributed by atoms with van der Waals surface area (Å²) in [4.78, 5) is 13.6. The summed E-state index contributed by atoms with van der Waals surface area (Å²) in [6.45, 7) is -4.12. The highest BCUT2D eigenvalue weighted by molar-refractivity contribution is 7.13. The molecule has 9 heteroatoms. The van der Waals surface area contributed by atoms with Gasteiger partial charge in [-0.05, 0) is 53.4 Å². The second-order valence-electron chi connectivity index (χ2n) is 7.70. The Balaban J connectivity index is 1.38. The van der Waals surface area contributed by atoms with Crippen LogP contribution in [-0.2, 0) is 4.79 Å². The largest absolute Gasteiger partial charge is 0.530 e. The molecule has 2 aliphatic heterocycles. The predicted octanol–water partition coefficient (Wildman–Crippen LogP) is 4.54. The molecule has 1 N–H and O–H groups in total. The molecule has 5 rings (SSSR count). The van der Waals surface area contributed by atoms with Crippen molar-refractivity contribution in [2.75, 3.05) is 13.2 Å². The van der Waals surface area contributed by atoms with Gasteiger partial charge < -0.3 is 28.0 Å². The maximum absolute atomic E-state index is 16.0. The number of allylic oxidation sites excluding steroid dienone is 1. The number of nitrogens with zero attached hydrogens (tertiary/aromatic N) is 2. The number of rotatable bonds is 6. The third-order valence-electron chi connectivity index (χ3n) is 5.69. The molecule has 1 aromatic carbocycles. The maximum atomic E-state index is 16.0. The van der Waals surface area contributed by atoms with Crippen molar-refractivity contribution in [3.63, 3.8) is 0 Å². The Hall–Kier alpha value is -3.77. The molecule has 1 amide bonds. The Morgan fingerprint density at radius 2 is 2.03 bits per heavy atom. The van der Waals surface area contributed by atoms with E-state index in [2.05, 4.69) is 11.2 Å². The number of aromatic nitrogens is 1. The Labute approximate surface area is 194 Å².